The molecule has 1 aromatic heterocycles. The van der Waals surface area contributed by atoms with Crippen molar-refractivity contribution in [3.8, 4) is 0 Å². The first-order chi connectivity index (χ1) is 7.34. The van der Waals surface area contributed by atoms with Crippen LogP contribution in [-0.2, 0) is 0 Å². The second kappa shape index (κ2) is 3.24. The molecule has 1 aliphatic rings. The van der Waals surface area contributed by atoms with E-state index in [0.29, 0.717) is 5.96 Å². The van der Waals surface area contributed by atoms with Crippen LogP contribution in [0.2, 0.25) is 0 Å². The van der Waals surface area contributed by atoms with Crippen molar-refractivity contribution in [3.63, 3.8) is 0 Å². The van der Waals surface area contributed by atoms with Gasteiger partial charge in [-0.05, 0) is 22.4 Å². The number of nitrogens with two attached hydrogens (primary N) is 1. The van der Waals surface area contributed by atoms with E-state index in [4.69, 9.17) is 5.73 Å². The largest absolute Gasteiger partial charge is 0.370 e. The van der Waals surface area contributed by atoms with Gasteiger partial charge in [0.1, 0.15) is 0 Å². The van der Waals surface area contributed by atoms with Gasteiger partial charge in [0.15, 0.2) is 5.96 Å². The van der Waals surface area contributed by atoms with Gasteiger partial charge in [-0.3, -0.25) is 4.99 Å². The van der Waals surface area contributed by atoms with Gasteiger partial charge < -0.3 is 11.1 Å². The van der Waals surface area contributed by atoms with Crippen LogP contribution < -0.4 is 11.1 Å². The van der Waals surface area contributed by atoms with E-state index >= 15 is 0 Å². The first-order valence-corrected chi connectivity index (χ1v) is 5.75. The molecule has 1 atom stereocenters. The highest BCUT2D eigenvalue weighted by Gasteiger charge is 2.19. The van der Waals surface area contributed by atoms with E-state index in [0.717, 1.165) is 6.54 Å². The number of hydrogen-bond donors (Lipinski definition) is 2. The fraction of sp³-hybridized carbons (Fsp3) is 0.182. The third kappa shape index (κ3) is 1.37. The molecule has 0 spiro atoms. The summed E-state index contributed by atoms with van der Waals surface area (Å²) in [7, 11) is 0. The Bertz CT molecular complexity index is 529. The van der Waals surface area contributed by atoms with E-state index in [1.54, 1.807) is 11.3 Å². The summed E-state index contributed by atoms with van der Waals surface area (Å²) in [4.78, 5) is 4.17. The molecule has 3 nitrogen and oxygen atoms in total. The van der Waals surface area contributed by atoms with Crippen molar-refractivity contribution >= 4 is 27.4 Å². The molecule has 0 saturated carbocycles. The summed E-state index contributed by atoms with van der Waals surface area (Å²) in [6.45, 7) is 0.743. The molecular formula is C11H11N3S. The van der Waals surface area contributed by atoms with Gasteiger partial charge in [-0.25, -0.2) is 0 Å². The molecular weight excluding hydrogens is 206 g/mol. The van der Waals surface area contributed by atoms with Crippen LogP contribution in [0.1, 0.15) is 11.6 Å². The predicted octanol–water partition coefficient (Wildman–Crippen LogP) is 1.86. The molecule has 76 valence electrons. The summed E-state index contributed by atoms with van der Waals surface area (Å²) in [6, 6.07) is 8.67. The predicted molar refractivity (Wildman–Crippen MR) is 64.2 cm³/mol. The first kappa shape index (κ1) is 8.73. The van der Waals surface area contributed by atoms with E-state index in [9.17, 15) is 0 Å². The topological polar surface area (TPSA) is 50.4 Å². The quantitative estimate of drug-likeness (QED) is 0.766. The fourth-order valence-electron chi connectivity index (χ4n) is 1.90. The Kier molecular flexibility index (Phi) is 1.89. The molecule has 2 aromatic rings. The summed E-state index contributed by atoms with van der Waals surface area (Å²) in [6.07, 6.45) is 0. The molecule has 0 amide bonds. The minimum Gasteiger partial charge on any atom is -0.370 e. The van der Waals surface area contributed by atoms with Crippen LogP contribution in [0.15, 0.2) is 34.6 Å². The lowest BCUT2D eigenvalue weighted by molar-refractivity contribution is 0.716. The van der Waals surface area contributed by atoms with Gasteiger partial charge in [0.05, 0.1) is 12.6 Å². The Labute approximate surface area is 91.6 Å². The third-order valence-corrected chi connectivity index (χ3v) is 3.63. The molecule has 0 radical (unpaired) electrons. The summed E-state index contributed by atoms with van der Waals surface area (Å²) in [5, 5.41) is 6.68. The van der Waals surface area contributed by atoms with E-state index in [2.05, 4.69) is 40.0 Å². The summed E-state index contributed by atoms with van der Waals surface area (Å²) >= 11 is 1.77. The first-order valence-electron chi connectivity index (χ1n) is 4.87. The lowest BCUT2D eigenvalue weighted by Crippen LogP contribution is -2.29. The maximum absolute atomic E-state index is 5.62. The zero-order chi connectivity index (χ0) is 10.3. The van der Waals surface area contributed by atoms with Crippen molar-refractivity contribution in [2.24, 2.45) is 10.7 Å². The van der Waals surface area contributed by atoms with Crippen molar-refractivity contribution < 1.29 is 0 Å². The minimum absolute atomic E-state index is 0.251. The van der Waals surface area contributed by atoms with Gasteiger partial charge in [-0.1, -0.05) is 18.2 Å². The number of hydrogen-bond acceptors (Lipinski definition) is 4. The van der Waals surface area contributed by atoms with Crippen molar-refractivity contribution in [1.29, 1.82) is 0 Å². The lowest BCUT2D eigenvalue weighted by atomic mass is 10.1. The number of fused-ring (bicyclic) bond motifs is 1. The Morgan fingerprint density at radius 2 is 2.27 bits per heavy atom. The van der Waals surface area contributed by atoms with Gasteiger partial charge in [0, 0.05) is 4.70 Å². The molecule has 0 bridgehead atoms. The molecule has 3 rings (SSSR count). The normalized spacial score (nSPS) is 20.3. The maximum atomic E-state index is 5.62. The lowest BCUT2D eigenvalue weighted by Gasteiger charge is -2.09. The Morgan fingerprint density at radius 3 is 3.07 bits per heavy atom. The van der Waals surface area contributed by atoms with Crippen LogP contribution in [0.25, 0.3) is 10.1 Å². The number of aliphatic imine (C=N–C) groups is 1. The summed E-state index contributed by atoms with van der Waals surface area (Å²) in [5.41, 5.74) is 6.92. The molecule has 0 saturated heterocycles. The van der Waals surface area contributed by atoms with Crippen molar-refractivity contribution in [2.75, 3.05) is 6.54 Å². The number of thiophene rings is 1. The highest BCUT2D eigenvalue weighted by molar-refractivity contribution is 7.17. The second-order valence-electron chi connectivity index (χ2n) is 3.61. The molecule has 0 aliphatic carbocycles. The number of rotatable bonds is 1. The zero-order valence-corrected chi connectivity index (χ0v) is 8.92. The average molecular weight is 217 g/mol. The molecule has 4 heteroatoms. The van der Waals surface area contributed by atoms with Gasteiger partial charge in [-0.2, -0.15) is 0 Å². The van der Waals surface area contributed by atoms with Crippen molar-refractivity contribution in [2.45, 2.75) is 6.04 Å². The number of benzene rings is 1. The van der Waals surface area contributed by atoms with E-state index in [-0.39, 0.29) is 6.04 Å². The van der Waals surface area contributed by atoms with Gasteiger partial charge in [-0.15, -0.1) is 11.3 Å². The molecule has 2 heterocycles. The SMILES string of the molecule is NC1=NCC(c2csc3ccccc23)N1. The van der Waals surface area contributed by atoms with E-state index in [1.165, 1.54) is 15.6 Å². The smallest absolute Gasteiger partial charge is 0.189 e. The fourth-order valence-corrected chi connectivity index (χ4v) is 2.92. The standard InChI is InChI=1S/C11H11N3S/c12-11-13-5-9(14-11)8-6-15-10-4-2-1-3-7(8)10/h1-4,6,9H,5H2,(H3,12,13,14). The van der Waals surface area contributed by atoms with Crippen molar-refractivity contribution in [3.05, 3.63) is 35.2 Å². The monoisotopic (exact) mass is 217 g/mol. The van der Waals surface area contributed by atoms with Crippen LogP contribution in [0.5, 0.6) is 0 Å². The number of nitrogens with zero attached hydrogens (tertiary/aromatic N) is 1. The summed E-state index contributed by atoms with van der Waals surface area (Å²) < 4.78 is 1.32. The van der Waals surface area contributed by atoms with E-state index < -0.39 is 0 Å². The van der Waals surface area contributed by atoms with Crippen LogP contribution >= 0.6 is 11.3 Å². The summed E-state index contributed by atoms with van der Waals surface area (Å²) in [5.74, 6) is 0.551. The van der Waals surface area contributed by atoms with Crippen LogP contribution in [0.3, 0.4) is 0 Å². The molecule has 1 aromatic carbocycles. The highest BCUT2D eigenvalue weighted by atomic mass is 32.1. The number of guanidine groups is 1. The molecule has 1 aliphatic heterocycles. The van der Waals surface area contributed by atoms with Crippen LogP contribution in [-0.4, -0.2) is 12.5 Å². The highest BCUT2D eigenvalue weighted by Crippen LogP contribution is 2.31. The molecule has 0 fully saturated rings. The van der Waals surface area contributed by atoms with Gasteiger partial charge in [0.25, 0.3) is 0 Å². The third-order valence-electron chi connectivity index (χ3n) is 2.65. The maximum Gasteiger partial charge on any atom is 0.189 e. The van der Waals surface area contributed by atoms with Gasteiger partial charge in [0.2, 0.25) is 0 Å². The van der Waals surface area contributed by atoms with Crippen molar-refractivity contribution in [1.82, 2.24) is 5.32 Å². The minimum atomic E-state index is 0.251. The molecule has 3 N–H and O–H groups in total. The van der Waals surface area contributed by atoms with E-state index in [1.807, 2.05) is 0 Å². The number of nitrogens with one attached hydrogen (secondary N) is 1. The Morgan fingerprint density at radius 1 is 1.40 bits per heavy atom. The van der Waals surface area contributed by atoms with Crippen LogP contribution in [0, 0.1) is 0 Å². The average Bonchev–Trinajstić information content (AvgIpc) is 2.83. The zero-order valence-electron chi connectivity index (χ0n) is 8.10. The van der Waals surface area contributed by atoms with Crippen LogP contribution in [0.4, 0.5) is 0 Å². The second-order valence-corrected chi connectivity index (χ2v) is 4.52. The Balaban J connectivity index is 2.05. The van der Waals surface area contributed by atoms with Gasteiger partial charge >= 0.3 is 0 Å². The molecule has 15 heavy (non-hydrogen) atoms. The molecule has 1 unspecified atom stereocenters. The Hall–Kier alpha value is -1.55.